The van der Waals surface area contributed by atoms with Crippen LogP contribution in [0.4, 0.5) is 0 Å². The molecule has 1 heterocycles. The van der Waals surface area contributed by atoms with E-state index in [9.17, 15) is 0 Å². The highest BCUT2D eigenvalue weighted by Crippen LogP contribution is 2.15. The van der Waals surface area contributed by atoms with Crippen molar-refractivity contribution in [3.05, 3.63) is 35.9 Å². The molecule has 1 N–H and O–H groups in total. The lowest BCUT2D eigenvalue weighted by atomic mass is 9.97. The van der Waals surface area contributed by atoms with Gasteiger partial charge in [0, 0.05) is 31.8 Å². The molecule has 0 amide bonds. The van der Waals surface area contributed by atoms with Gasteiger partial charge in [-0.1, -0.05) is 30.3 Å². The van der Waals surface area contributed by atoms with Crippen molar-refractivity contribution in [3.8, 4) is 0 Å². The molecule has 0 radical (unpaired) electrons. The average Bonchev–Trinajstić information content (AvgIpc) is 2.47. The average molecular weight is 290 g/mol. The van der Waals surface area contributed by atoms with E-state index in [0.29, 0.717) is 0 Å². The fourth-order valence-corrected chi connectivity index (χ4v) is 3.05. The molecule has 3 heteroatoms. The van der Waals surface area contributed by atoms with Crippen LogP contribution in [0, 0.1) is 5.92 Å². The maximum absolute atomic E-state index is 5.43. The van der Waals surface area contributed by atoms with Gasteiger partial charge in [-0.15, -0.1) is 0 Å². The number of hydrogen-bond acceptors (Lipinski definition) is 3. The van der Waals surface area contributed by atoms with Crippen molar-refractivity contribution in [1.82, 2.24) is 10.2 Å². The van der Waals surface area contributed by atoms with Crippen LogP contribution in [-0.2, 0) is 11.3 Å². The summed E-state index contributed by atoms with van der Waals surface area (Å²) in [5, 5.41) is 3.75. The van der Waals surface area contributed by atoms with Crippen molar-refractivity contribution in [2.75, 3.05) is 33.4 Å². The number of hydrogen-bond donors (Lipinski definition) is 1. The smallest absolute Gasteiger partial charge is 0.0469 e. The SMILES string of the molecule is CN(Cc1ccccc1)CC(C)(C)NCC1CCOCC1. The monoisotopic (exact) mass is 290 g/mol. The third kappa shape index (κ3) is 6.16. The van der Waals surface area contributed by atoms with E-state index in [0.717, 1.165) is 38.8 Å². The molecule has 1 aliphatic rings. The number of nitrogens with one attached hydrogen (secondary N) is 1. The van der Waals surface area contributed by atoms with Gasteiger partial charge in [-0.25, -0.2) is 0 Å². The number of nitrogens with zero attached hydrogens (tertiary/aromatic N) is 1. The zero-order chi connectivity index (χ0) is 15.1. The molecule has 0 atom stereocenters. The van der Waals surface area contributed by atoms with Crippen LogP contribution in [0.5, 0.6) is 0 Å². The Morgan fingerprint density at radius 1 is 1.19 bits per heavy atom. The molecule has 0 unspecified atom stereocenters. The topological polar surface area (TPSA) is 24.5 Å². The highest BCUT2D eigenvalue weighted by Gasteiger charge is 2.22. The first-order valence-corrected chi connectivity index (χ1v) is 8.10. The van der Waals surface area contributed by atoms with Gasteiger partial charge in [0.15, 0.2) is 0 Å². The van der Waals surface area contributed by atoms with Crippen LogP contribution >= 0.6 is 0 Å². The fourth-order valence-electron chi connectivity index (χ4n) is 3.05. The minimum atomic E-state index is 0.141. The minimum Gasteiger partial charge on any atom is -0.381 e. The molecule has 21 heavy (non-hydrogen) atoms. The molecule has 1 aromatic rings. The number of ether oxygens (including phenoxy) is 1. The summed E-state index contributed by atoms with van der Waals surface area (Å²) < 4.78 is 5.43. The van der Waals surface area contributed by atoms with Gasteiger partial charge < -0.3 is 15.0 Å². The van der Waals surface area contributed by atoms with Crippen molar-refractivity contribution in [1.29, 1.82) is 0 Å². The van der Waals surface area contributed by atoms with Gasteiger partial charge in [-0.05, 0) is 51.8 Å². The summed E-state index contributed by atoms with van der Waals surface area (Å²) in [4.78, 5) is 2.40. The lowest BCUT2D eigenvalue weighted by molar-refractivity contribution is 0.0631. The van der Waals surface area contributed by atoms with E-state index in [4.69, 9.17) is 4.74 Å². The van der Waals surface area contributed by atoms with Crippen LogP contribution in [0.2, 0.25) is 0 Å². The molecule has 0 aromatic heterocycles. The van der Waals surface area contributed by atoms with Gasteiger partial charge in [0.05, 0.1) is 0 Å². The Morgan fingerprint density at radius 3 is 2.52 bits per heavy atom. The predicted octanol–water partition coefficient (Wildman–Crippen LogP) is 2.91. The summed E-state index contributed by atoms with van der Waals surface area (Å²) in [6, 6.07) is 10.7. The van der Waals surface area contributed by atoms with Crippen molar-refractivity contribution >= 4 is 0 Å². The third-order valence-electron chi connectivity index (χ3n) is 4.17. The summed E-state index contributed by atoms with van der Waals surface area (Å²) in [6.07, 6.45) is 2.39. The lowest BCUT2D eigenvalue weighted by Gasteiger charge is -2.34. The minimum absolute atomic E-state index is 0.141. The fraction of sp³-hybridized carbons (Fsp3) is 0.667. The summed E-state index contributed by atoms with van der Waals surface area (Å²) in [5.74, 6) is 0.775. The van der Waals surface area contributed by atoms with Crippen molar-refractivity contribution in [2.24, 2.45) is 5.92 Å². The van der Waals surface area contributed by atoms with Crippen LogP contribution in [-0.4, -0.2) is 43.8 Å². The van der Waals surface area contributed by atoms with Crippen LogP contribution in [0.1, 0.15) is 32.3 Å². The Labute approximate surface area is 129 Å². The van der Waals surface area contributed by atoms with Gasteiger partial charge in [-0.2, -0.15) is 0 Å². The van der Waals surface area contributed by atoms with Crippen molar-refractivity contribution in [3.63, 3.8) is 0 Å². The lowest BCUT2D eigenvalue weighted by Crippen LogP contribution is -2.49. The standard InChI is InChI=1S/C18H30N2O/c1-18(2,19-13-16-9-11-21-12-10-16)15-20(3)14-17-7-5-4-6-8-17/h4-8,16,19H,9-15H2,1-3H3. The van der Waals surface area contributed by atoms with Gasteiger partial charge >= 0.3 is 0 Å². The summed E-state index contributed by atoms with van der Waals surface area (Å²) >= 11 is 0. The van der Waals surface area contributed by atoms with E-state index in [1.165, 1.54) is 18.4 Å². The van der Waals surface area contributed by atoms with Crippen molar-refractivity contribution < 1.29 is 4.74 Å². The second-order valence-corrected chi connectivity index (χ2v) is 6.98. The first kappa shape index (κ1) is 16.5. The molecule has 1 aromatic carbocycles. The molecule has 0 bridgehead atoms. The van der Waals surface area contributed by atoms with E-state index < -0.39 is 0 Å². The van der Waals surface area contributed by atoms with E-state index >= 15 is 0 Å². The molecular weight excluding hydrogens is 260 g/mol. The van der Waals surface area contributed by atoms with E-state index in [-0.39, 0.29) is 5.54 Å². The quantitative estimate of drug-likeness (QED) is 0.835. The number of benzene rings is 1. The van der Waals surface area contributed by atoms with Gasteiger partial charge in [0.2, 0.25) is 0 Å². The predicted molar refractivity (Wildman–Crippen MR) is 88.4 cm³/mol. The molecule has 1 saturated heterocycles. The molecule has 0 spiro atoms. The van der Waals surface area contributed by atoms with Crippen LogP contribution in [0.3, 0.4) is 0 Å². The second-order valence-electron chi connectivity index (χ2n) is 6.98. The largest absolute Gasteiger partial charge is 0.381 e. The zero-order valence-electron chi connectivity index (χ0n) is 13.8. The maximum Gasteiger partial charge on any atom is 0.0469 e. The van der Waals surface area contributed by atoms with Crippen LogP contribution in [0.15, 0.2) is 30.3 Å². The van der Waals surface area contributed by atoms with Gasteiger partial charge in [0.25, 0.3) is 0 Å². The first-order valence-electron chi connectivity index (χ1n) is 8.10. The Balaban J connectivity index is 1.74. The maximum atomic E-state index is 5.43. The summed E-state index contributed by atoms with van der Waals surface area (Å²) in [7, 11) is 2.20. The van der Waals surface area contributed by atoms with Gasteiger partial charge in [0.1, 0.15) is 0 Å². The normalized spacial score (nSPS) is 17.3. The third-order valence-corrected chi connectivity index (χ3v) is 4.17. The molecule has 118 valence electrons. The van der Waals surface area contributed by atoms with E-state index in [1.54, 1.807) is 0 Å². The summed E-state index contributed by atoms with van der Waals surface area (Å²) in [6.45, 7) is 9.62. The second kappa shape index (κ2) is 7.92. The highest BCUT2D eigenvalue weighted by molar-refractivity contribution is 5.14. The van der Waals surface area contributed by atoms with Gasteiger partial charge in [-0.3, -0.25) is 0 Å². The Morgan fingerprint density at radius 2 is 1.86 bits per heavy atom. The zero-order valence-corrected chi connectivity index (χ0v) is 13.8. The molecule has 0 saturated carbocycles. The molecular formula is C18H30N2O. The van der Waals surface area contributed by atoms with Crippen molar-refractivity contribution in [2.45, 2.75) is 38.8 Å². The highest BCUT2D eigenvalue weighted by atomic mass is 16.5. The van der Waals surface area contributed by atoms with Crippen LogP contribution in [0.25, 0.3) is 0 Å². The number of likely N-dealkylation sites (N-methyl/N-ethyl adjacent to an activating group) is 1. The summed E-state index contributed by atoms with van der Waals surface area (Å²) in [5.41, 5.74) is 1.52. The number of rotatable bonds is 7. The van der Waals surface area contributed by atoms with E-state index in [1.807, 2.05) is 0 Å². The molecule has 1 fully saturated rings. The Kier molecular flexibility index (Phi) is 6.22. The molecule has 1 aliphatic heterocycles. The Bertz CT molecular complexity index is 399. The van der Waals surface area contributed by atoms with Crippen LogP contribution < -0.4 is 5.32 Å². The van der Waals surface area contributed by atoms with E-state index in [2.05, 4.69) is 61.4 Å². The molecule has 3 nitrogen and oxygen atoms in total. The molecule has 0 aliphatic carbocycles. The Hall–Kier alpha value is -0.900. The first-order chi connectivity index (χ1) is 10.1. The molecule has 2 rings (SSSR count).